The summed E-state index contributed by atoms with van der Waals surface area (Å²) in [6.45, 7) is 2.41. The van der Waals surface area contributed by atoms with E-state index < -0.39 is 9.85 Å². The smallest absolute Gasteiger partial charge is 0.272 e. The molecule has 0 heterocycles. The second-order valence-electron chi connectivity index (χ2n) is 8.01. The monoisotopic (exact) mass is 326 g/mol. The van der Waals surface area contributed by atoms with Gasteiger partial charge in [-0.25, -0.2) is 0 Å². The van der Waals surface area contributed by atoms with Gasteiger partial charge in [-0.3, -0.25) is 25.7 Å². The lowest BCUT2D eigenvalue weighted by Crippen LogP contribution is -2.87. The molecule has 6 aliphatic rings. The van der Waals surface area contributed by atoms with Crippen LogP contribution in [0.25, 0.3) is 0 Å². The number of hydrogen-bond donors (Lipinski definition) is 1. The SMILES string of the molecule is CC12C3C4/C(=N/Nc5ccc([N+](=O)[O-])cc5[N+](=O)[O-])C5C3C1C5C42. The number of anilines is 1. The number of hydrogen-bond acceptors (Lipinski definition) is 6. The van der Waals surface area contributed by atoms with Gasteiger partial charge >= 0.3 is 5.69 Å². The summed E-state index contributed by atoms with van der Waals surface area (Å²) in [4.78, 5) is 20.7. The van der Waals surface area contributed by atoms with E-state index in [1.54, 1.807) is 0 Å². The average Bonchev–Trinajstić information content (AvgIpc) is 2.75. The molecular formula is C16H14N4O4. The summed E-state index contributed by atoms with van der Waals surface area (Å²) >= 11 is 0. The number of rotatable bonds is 4. The first-order valence-electron chi connectivity index (χ1n) is 8.22. The predicted molar refractivity (Wildman–Crippen MR) is 83.3 cm³/mol. The lowest BCUT2D eigenvalue weighted by molar-refractivity contribution is -0.440. The highest BCUT2D eigenvalue weighted by atomic mass is 16.6. The Kier molecular flexibility index (Phi) is 1.85. The first-order chi connectivity index (χ1) is 11.5. The Morgan fingerprint density at radius 1 is 1.08 bits per heavy atom. The molecule has 8 heteroatoms. The molecule has 0 spiro atoms. The maximum Gasteiger partial charge on any atom is 0.301 e. The van der Waals surface area contributed by atoms with E-state index in [1.807, 2.05) is 0 Å². The maximum absolute atomic E-state index is 11.2. The van der Waals surface area contributed by atoms with E-state index in [0.29, 0.717) is 17.3 Å². The van der Waals surface area contributed by atoms with Crippen LogP contribution in [0.3, 0.4) is 0 Å². The fourth-order valence-electron chi connectivity index (χ4n) is 7.29. The normalized spacial score (nSPS) is 48.7. The Balaban J connectivity index is 1.32. The molecule has 4 unspecified atom stereocenters. The van der Waals surface area contributed by atoms with E-state index >= 15 is 0 Å². The predicted octanol–water partition coefficient (Wildman–Crippen LogP) is 2.66. The zero-order valence-electron chi connectivity index (χ0n) is 12.7. The third-order valence-corrected chi connectivity index (χ3v) is 7.79. The van der Waals surface area contributed by atoms with Crippen LogP contribution in [-0.2, 0) is 0 Å². The number of nitro benzene ring substituents is 2. The zero-order valence-corrected chi connectivity index (χ0v) is 12.7. The van der Waals surface area contributed by atoms with Gasteiger partial charge in [-0.2, -0.15) is 5.10 Å². The fraction of sp³-hybridized carbons (Fsp3) is 0.562. The van der Waals surface area contributed by atoms with Gasteiger partial charge in [-0.05, 0) is 41.1 Å². The minimum atomic E-state index is -0.635. The van der Waals surface area contributed by atoms with Gasteiger partial charge in [-0.1, -0.05) is 6.92 Å². The molecule has 122 valence electrons. The van der Waals surface area contributed by atoms with Gasteiger partial charge in [0.05, 0.1) is 15.9 Å². The summed E-state index contributed by atoms with van der Waals surface area (Å²) in [6, 6.07) is 3.61. The first kappa shape index (κ1) is 12.9. The quantitative estimate of drug-likeness (QED) is 0.675. The van der Waals surface area contributed by atoms with Gasteiger partial charge in [0.25, 0.3) is 5.69 Å². The highest BCUT2D eigenvalue weighted by molar-refractivity contribution is 6.00. The number of benzene rings is 1. The maximum atomic E-state index is 11.2. The molecule has 6 fully saturated rings. The van der Waals surface area contributed by atoms with E-state index in [1.165, 1.54) is 17.8 Å². The van der Waals surface area contributed by atoms with Crippen LogP contribution < -0.4 is 5.43 Å². The van der Waals surface area contributed by atoms with E-state index in [4.69, 9.17) is 0 Å². The van der Waals surface area contributed by atoms with E-state index in [9.17, 15) is 20.2 Å². The van der Waals surface area contributed by atoms with Crippen LogP contribution in [0, 0.1) is 67.1 Å². The van der Waals surface area contributed by atoms with Gasteiger partial charge in [0, 0.05) is 23.6 Å². The number of nitrogens with zero attached hydrogens (tertiary/aromatic N) is 3. The van der Waals surface area contributed by atoms with Crippen LogP contribution in [0.4, 0.5) is 17.1 Å². The van der Waals surface area contributed by atoms with Gasteiger partial charge in [0.2, 0.25) is 0 Å². The van der Waals surface area contributed by atoms with Crippen LogP contribution in [0.15, 0.2) is 23.3 Å². The van der Waals surface area contributed by atoms with Crippen molar-refractivity contribution in [3.05, 3.63) is 38.4 Å². The Bertz CT molecular complexity index is 876. The number of hydrazone groups is 1. The van der Waals surface area contributed by atoms with Gasteiger partial charge in [-0.15, -0.1) is 0 Å². The van der Waals surface area contributed by atoms with Gasteiger partial charge in [0.1, 0.15) is 5.69 Å². The molecule has 0 saturated heterocycles. The second kappa shape index (κ2) is 3.45. The lowest BCUT2D eigenvalue weighted by Gasteiger charge is -2.90. The molecule has 1 N–H and O–H groups in total. The summed E-state index contributed by atoms with van der Waals surface area (Å²) in [5.74, 6) is 5.26. The van der Waals surface area contributed by atoms with Crippen molar-refractivity contribution in [1.82, 2.24) is 0 Å². The molecule has 1 aromatic carbocycles. The molecule has 6 aliphatic carbocycles. The van der Waals surface area contributed by atoms with Crippen molar-refractivity contribution < 1.29 is 9.85 Å². The molecule has 1 aromatic rings. The molecule has 7 rings (SSSR count). The van der Waals surface area contributed by atoms with Gasteiger partial charge in [0.15, 0.2) is 0 Å². The lowest BCUT2D eigenvalue weighted by atomic mass is 9.14. The third-order valence-electron chi connectivity index (χ3n) is 7.79. The molecule has 0 aromatic heterocycles. The fourth-order valence-corrected chi connectivity index (χ4v) is 7.29. The second-order valence-corrected chi connectivity index (χ2v) is 8.01. The zero-order chi connectivity index (χ0) is 16.5. The summed E-state index contributed by atoms with van der Waals surface area (Å²) in [5.41, 5.74) is 4.21. The molecule has 2 bridgehead atoms. The topological polar surface area (TPSA) is 111 Å². The Morgan fingerprint density at radius 3 is 2.38 bits per heavy atom. The average molecular weight is 326 g/mol. The molecular weight excluding hydrogens is 312 g/mol. The summed E-state index contributed by atoms with van der Waals surface area (Å²) in [5, 5.41) is 26.5. The Labute approximate surface area is 136 Å². The standard InChI is InChI=1S/C16H14N4O4/c1-16-12-9-8-10(12)14(16)11(13(9)16)15(8)18-17-6-3-2-5(19(21)22)4-7(6)20(23)24/h2-4,8-14,17H,1H3/b18-15+. The number of nitrogens with one attached hydrogen (secondary N) is 1. The highest BCUT2D eigenvalue weighted by Gasteiger charge is 2.98. The number of non-ortho nitro benzene ring substituents is 1. The van der Waals surface area contributed by atoms with Crippen molar-refractivity contribution in [2.75, 3.05) is 5.43 Å². The van der Waals surface area contributed by atoms with Crippen molar-refractivity contribution in [2.45, 2.75) is 6.92 Å². The summed E-state index contributed by atoms with van der Waals surface area (Å²) in [6.07, 6.45) is 0. The molecule has 6 saturated carbocycles. The van der Waals surface area contributed by atoms with Crippen molar-refractivity contribution in [3.63, 3.8) is 0 Å². The van der Waals surface area contributed by atoms with E-state index in [0.717, 1.165) is 35.7 Å². The molecule has 8 nitrogen and oxygen atoms in total. The molecule has 24 heavy (non-hydrogen) atoms. The molecule has 0 radical (unpaired) electrons. The Morgan fingerprint density at radius 2 is 1.79 bits per heavy atom. The molecule has 0 aliphatic heterocycles. The number of nitro groups is 2. The molecule has 4 atom stereocenters. The summed E-state index contributed by atoms with van der Waals surface area (Å²) in [7, 11) is 0. The van der Waals surface area contributed by atoms with Crippen molar-refractivity contribution in [2.24, 2.45) is 51.9 Å². The molecule has 0 amide bonds. The summed E-state index contributed by atoms with van der Waals surface area (Å²) < 4.78 is 0. The minimum Gasteiger partial charge on any atom is -0.272 e. The minimum absolute atomic E-state index is 0.213. The van der Waals surface area contributed by atoms with Crippen molar-refractivity contribution in [3.8, 4) is 0 Å². The van der Waals surface area contributed by atoms with Crippen LogP contribution in [0.2, 0.25) is 0 Å². The first-order valence-corrected chi connectivity index (χ1v) is 8.22. The van der Waals surface area contributed by atoms with Crippen LogP contribution in [0.1, 0.15) is 6.92 Å². The van der Waals surface area contributed by atoms with E-state index in [2.05, 4.69) is 17.5 Å². The van der Waals surface area contributed by atoms with Gasteiger partial charge < -0.3 is 0 Å². The Hall–Kier alpha value is -2.51. The highest BCUT2D eigenvalue weighted by Crippen LogP contribution is 2.98. The largest absolute Gasteiger partial charge is 0.301 e. The van der Waals surface area contributed by atoms with Crippen LogP contribution in [0.5, 0.6) is 0 Å². The third kappa shape index (κ3) is 1.00. The van der Waals surface area contributed by atoms with Crippen LogP contribution in [-0.4, -0.2) is 15.6 Å². The van der Waals surface area contributed by atoms with E-state index in [-0.39, 0.29) is 17.1 Å². The van der Waals surface area contributed by atoms with Crippen molar-refractivity contribution >= 4 is 22.8 Å². The van der Waals surface area contributed by atoms with Crippen LogP contribution >= 0.6 is 0 Å². The van der Waals surface area contributed by atoms with Crippen molar-refractivity contribution in [1.29, 1.82) is 0 Å².